The molecule has 0 radical (unpaired) electrons. The Morgan fingerprint density at radius 1 is 1.29 bits per heavy atom. The number of nitrogens with zero attached hydrogens (tertiary/aromatic N) is 3. The van der Waals surface area contributed by atoms with Gasteiger partial charge in [-0.2, -0.15) is 0 Å². The minimum atomic E-state index is 0. The molecule has 24 heavy (non-hydrogen) atoms. The number of aliphatic imine (C=N–C) groups is 1. The lowest BCUT2D eigenvalue weighted by Gasteiger charge is -2.24. The van der Waals surface area contributed by atoms with Gasteiger partial charge in [0.1, 0.15) is 0 Å². The molecular weight excluding hydrogens is 431 g/mol. The number of hydrogen-bond acceptors (Lipinski definition) is 3. The second kappa shape index (κ2) is 11.2. The Kier molecular flexibility index (Phi) is 10.1. The van der Waals surface area contributed by atoms with Crippen LogP contribution in [0.2, 0.25) is 0 Å². The van der Waals surface area contributed by atoms with Gasteiger partial charge < -0.3 is 10.2 Å². The second-order valence-electron chi connectivity index (χ2n) is 6.04. The molecule has 0 aromatic heterocycles. The molecule has 4 nitrogen and oxygen atoms in total. The summed E-state index contributed by atoms with van der Waals surface area (Å²) in [5, 5.41) is 3.49. The highest BCUT2D eigenvalue weighted by molar-refractivity contribution is 14.0. The van der Waals surface area contributed by atoms with Crippen molar-refractivity contribution in [2.24, 2.45) is 4.99 Å². The minimum Gasteiger partial charge on any atom is -0.355 e. The van der Waals surface area contributed by atoms with Gasteiger partial charge in [-0.15, -0.1) is 35.7 Å². The van der Waals surface area contributed by atoms with Crippen LogP contribution in [-0.4, -0.2) is 61.8 Å². The maximum Gasteiger partial charge on any atom is 0.193 e. The Balaban J connectivity index is 0.00000288. The number of rotatable bonds is 8. The van der Waals surface area contributed by atoms with E-state index in [9.17, 15) is 0 Å². The Morgan fingerprint density at radius 3 is 2.46 bits per heavy atom. The van der Waals surface area contributed by atoms with E-state index in [1.807, 2.05) is 7.05 Å². The van der Waals surface area contributed by atoms with Crippen LogP contribution in [-0.2, 0) is 6.54 Å². The first-order chi connectivity index (χ1) is 11.2. The Hall–Kier alpha value is -0.470. The van der Waals surface area contributed by atoms with Crippen LogP contribution < -0.4 is 5.32 Å². The number of halogens is 1. The third-order valence-corrected chi connectivity index (χ3v) is 5.05. The summed E-state index contributed by atoms with van der Waals surface area (Å²) in [5.41, 5.74) is 1.31. The number of nitrogens with one attached hydrogen (secondary N) is 1. The SMILES string of the molecule is CCN(CCNC(=NC)N(C)Cc1ccc(SC)cc1)C1CC1.I. The lowest BCUT2D eigenvalue weighted by Crippen LogP contribution is -2.42. The first kappa shape index (κ1) is 21.6. The number of hydrogen-bond donors (Lipinski definition) is 1. The quantitative estimate of drug-likeness (QED) is 0.277. The first-order valence-electron chi connectivity index (χ1n) is 8.46. The fourth-order valence-corrected chi connectivity index (χ4v) is 3.22. The zero-order valence-electron chi connectivity index (χ0n) is 15.3. The molecule has 1 fully saturated rings. The first-order valence-corrected chi connectivity index (χ1v) is 9.69. The predicted molar refractivity (Wildman–Crippen MR) is 117 cm³/mol. The van der Waals surface area contributed by atoms with Gasteiger partial charge in [-0.25, -0.2) is 0 Å². The smallest absolute Gasteiger partial charge is 0.193 e. The maximum atomic E-state index is 4.41. The molecule has 0 aliphatic heterocycles. The van der Waals surface area contributed by atoms with Crippen LogP contribution >= 0.6 is 35.7 Å². The van der Waals surface area contributed by atoms with E-state index in [0.29, 0.717) is 0 Å². The van der Waals surface area contributed by atoms with Crippen molar-refractivity contribution < 1.29 is 0 Å². The van der Waals surface area contributed by atoms with Crippen LogP contribution in [0.1, 0.15) is 25.3 Å². The molecule has 1 aromatic carbocycles. The van der Waals surface area contributed by atoms with Gasteiger partial charge in [0, 0.05) is 44.7 Å². The van der Waals surface area contributed by atoms with Gasteiger partial charge in [0.25, 0.3) is 0 Å². The van der Waals surface area contributed by atoms with E-state index in [0.717, 1.165) is 38.2 Å². The summed E-state index contributed by atoms with van der Waals surface area (Å²) in [4.78, 5) is 10.5. The topological polar surface area (TPSA) is 30.9 Å². The molecule has 1 saturated carbocycles. The number of guanidine groups is 1. The molecule has 1 aromatic rings. The molecule has 0 heterocycles. The second-order valence-corrected chi connectivity index (χ2v) is 6.92. The van der Waals surface area contributed by atoms with Gasteiger partial charge >= 0.3 is 0 Å². The van der Waals surface area contributed by atoms with Crippen molar-refractivity contribution >= 4 is 41.7 Å². The lowest BCUT2D eigenvalue weighted by atomic mass is 10.2. The third kappa shape index (κ3) is 6.80. The minimum absolute atomic E-state index is 0. The Labute approximate surface area is 168 Å². The summed E-state index contributed by atoms with van der Waals surface area (Å²) in [6.07, 6.45) is 4.84. The average molecular weight is 462 g/mol. The highest BCUT2D eigenvalue weighted by Gasteiger charge is 2.27. The highest BCUT2D eigenvalue weighted by atomic mass is 127. The zero-order valence-corrected chi connectivity index (χ0v) is 18.4. The lowest BCUT2D eigenvalue weighted by molar-refractivity contribution is 0.280. The Bertz CT molecular complexity index is 502. The largest absolute Gasteiger partial charge is 0.355 e. The highest BCUT2D eigenvalue weighted by Crippen LogP contribution is 2.25. The van der Waals surface area contributed by atoms with E-state index in [1.165, 1.54) is 23.3 Å². The molecule has 0 atom stereocenters. The van der Waals surface area contributed by atoms with Crippen molar-refractivity contribution in [3.8, 4) is 0 Å². The molecule has 1 aliphatic carbocycles. The maximum absolute atomic E-state index is 4.41. The van der Waals surface area contributed by atoms with Crippen LogP contribution in [0, 0.1) is 0 Å². The molecule has 1 N–H and O–H groups in total. The van der Waals surface area contributed by atoms with Gasteiger partial charge in [0.05, 0.1) is 0 Å². The molecule has 0 unspecified atom stereocenters. The summed E-state index contributed by atoms with van der Waals surface area (Å²) >= 11 is 1.78. The van der Waals surface area contributed by atoms with Gasteiger partial charge in [-0.1, -0.05) is 19.1 Å². The van der Waals surface area contributed by atoms with Crippen molar-refractivity contribution in [1.82, 2.24) is 15.1 Å². The summed E-state index contributed by atoms with van der Waals surface area (Å²) in [6, 6.07) is 9.58. The molecule has 6 heteroatoms. The fraction of sp³-hybridized carbons (Fsp3) is 0.611. The van der Waals surface area contributed by atoms with Crippen molar-refractivity contribution in [1.29, 1.82) is 0 Å². The standard InChI is InChI=1S/C18H30N4S.HI/c1-5-22(16-8-9-16)13-12-20-18(19-2)21(3)14-15-6-10-17(23-4)11-7-15;/h6-7,10-11,16H,5,8-9,12-14H2,1-4H3,(H,19,20);1H. The van der Waals surface area contributed by atoms with Crippen molar-refractivity contribution in [3.63, 3.8) is 0 Å². The van der Waals surface area contributed by atoms with E-state index in [4.69, 9.17) is 0 Å². The average Bonchev–Trinajstić information content (AvgIpc) is 3.40. The monoisotopic (exact) mass is 462 g/mol. The zero-order chi connectivity index (χ0) is 16.7. The molecule has 136 valence electrons. The van der Waals surface area contributed by atoms with E-state index in [2.05, 4.69) is 64.6 Å². The van der Waals surface area contributed by atoms with Gasteiger partial charge in [0.2, 0.25) is 0 Å². The molecule has 0 spiro atoms. The molecular formula is C18H31IN4S. The third-order valence-electron chi connectivity index (χ3n) is 4.30. The van der Waals surface area contributed by atoms with E-state index in [-0.39, 0.29) is 24.0 Å². The summed E-state index contributed by atoms with van der Waals surface area (Å²) in [6.45, 7) is 6.30. The van der Waals surface area contributed by atoms with Crippen molar-refractivity contribution in [2.45, 2.75) is 37.2 Å². The van der Waals surface area contributed by atoms with Crippen LogP contribution in [0.3, 0.4) is 0 Å². The van der Waals surface area contributed by atoms with Crippen LogP contribution in [0.25, 0.3) is 0 Å². The molecule has 1 aliphatic rings. The summed E-state index contributed by atoms with van der Waals surface area (Å²) in [5.74, 6) is 0.964. The normalized spacial score (nSPS) is 14.5. The summed E-state index contributed by atoms with van der Waals surface area (Å²) in [7, 11) is 3.95. The van der Waals surface area contributed by atoms with Gasteiger partial charge in [-0.05, 0) is 43.3 Å². The van der Waals surface area contributed by atoms with Gasteiger partial charge in [0.15, 0.2) is 5.96 Å². The molecule has 0 bridgehead atoms. The van der Waals surface area contributed by atoms with Gasteiger partial charge in [-0.3, -0.25) is 9.89 Å². The van der Waals surface area contributed by atoms with Crippen LogP contribution in [0.5, 0.6) is 0 Å². The number of thioether (sulfide) groups is 1. The van der Waals surface area contributed by atoms with Crippen LogP contribution in [0.15, 0.2) is 34.2 Å². The summed E-state index contributed by atoms with van der Waals surface area (Å²) < 4.78 is 0. The van der Waals surface area contributed by atoms with E-state index >= 15 is 0 Å². The molecule has 2 rings (SSSR count). The molecule has 0 saturated heterocycles. The van der Waals surface area contributed by atoms with Crippen molar-refractivity contribution in [3.05, 3.63) is 29.8 Å². The molecule has 0 amide bonds. The van der Waals surface area contributed by atoms with Crippen LogP contribution in [0.4, 0.5) is 0 Å². The Morgan fingerprint density at radius 2 is 1.96 bits per heavy atom. The predicted octanol–water partition coefficient (Wildman–Crippen LogP) is 3.52. The van der Waals surface area contributed by atoms with E-state index in [1.54, 1.807) is 11.8 Å². The number of benzene rings is 1. The number of likely N-dealkylation sites (N-methyl/N-ethyl adjacent to an activating group) is 1. The van der Waals surface area contributed by atoms with E-state index < -0.39 is 0 Å². The van der Waals surface area contributed by atoms with Crippen molar-refractivity contribution in [2.75, 3.05) is 40.0 Å². The fourth-order valence-electron chi connectivity index (χ4n) is 2.81.